The molecule has 14 heavy (non-hydrogen) atoms. The van der Waals surface area contributed by atoms with E-state index in [4.69, 9.17) is 4.74 Å². The smallest absolute Gasteiger partial charge is 0.0717 e. The second kappa shape index (κ2) is 7.02. The van der Waals surface area contributed by atoms with E-state index >= 15 is 0 Å². The zero-order valence-electron chi connectivity index (χ0n) is 8.63. The molecule has 0 saturated carbocycles. The maximum atomic E-state index is 5.56. The molecule has 0 radical (unpaired) electrons. The molecule has 1 aromatic rings. The molecule has 2 heteroatoms. The van der Waals surface area contributed by atoms with Gasteiger partial charge in [0.15, 0.2) is 0 Å². The summed E-state index contributed by atoms with van der Waals surface area (Å²) in [6, 6.07) is 8.25. The third-order valence-electron chi connectivity index (χ3n) is 2.05. The van der Waals surface area contributed by atoms with E-state index in [9.17, 15) is 0 Å². The molecule has 0 bridgehead atoms. The van der Waals surface area contributed by atoms with E-state index in [2.05, 4.69) is 35.0 Å². The Morgan fingerprint density at radius 2 is 2.14 bits per heavy atom. The van der Waals surface area contributed by atoms with Gasteiger partial charge in [0.1, 0.15) is 0 Å². The Labute approximate surface area is 94.6 Å². The zero-order chi connectivity index (χ0) is 10.2. The Morgan fingerprint density at radius 3 is 2.86 bits per heavy atom. The maximum Gasteiger partial charge on any atom is 0.0717 e. The van der Waals surface area contributed by atoms with Crippen molar-refractivity contribution in [3.8, 4) is 0 Å². The number of hydrogen-bond donors (Lipinski definition) is 0. The molecule has 1 nitrogen and oxygen atoms in total. The van der Waals surface area contributed by atoms with Crippen LogP contribution in [0.2, 0.25) is 0 Å². The summed E-state index contributed by atoms with van der Waals surface area (Å²) < 4.78 is 6.67. The molecule has 0 aliphatic heterocycles. The molecule has 0 aromatic heterocycles. The fourth-order valence-electron chi connectivity index (χ4n) is 1.27. The minimum absolute atomic E-state index is 0.725. The highest BCUT2D eigenvalue weighted by Gasteiger charge is 1.93. The topological polar surface area (TPSA) is 9.23 Å². The van der Waals surface area contributed by atoms with Crippen molar-refractivity contribution in [1.29, 1.82) is 0 Å². The quantitative estimate of drug-likeness (QED) is 0.695. The highest BCUT2D eigenvalue weighted by atomic mass is 79.9. The van der Waals surface area contributed by atoms with Crippen LogP contribution in [-0.2, 0) is 11.3 Å². The van der Waals surface area contributed by atoms with E-state index in [0.29, 0.717) is 0 Å². The van der Waals surface area contributed by atoms with Gasteiger partial charge in [-0.15, -0.1) is 0 Å². The Balaban J connectivity index is 2.18. The minimum atomic E-state index is 0.725. The van der Waals surface area contributed by atoms with Crippen LogP contribution in [0.1, 0.15) is 31.7 Å². The summed E-state index contributed by atoms with van der Waals surface area (Å²) in [7, 11) is 0. The van der Waals surface area contributed by atoms with Gasteiger partial charge in [0.05, 0.1) is 6.61 Å². The van der Waals surface area contributed by atoms with Crippen molar-refractivity contribution in [3.63, 3.8) is 0 Å². The molecule has 1 aromatic carbocycles. The summed E-state index contributed by atoms with van der Waals surface area (Å²) in [4.78, 5) is 0. The van der Waals surface area contributed by atoms with Crippen molar-refractivity contribution >= 4 is 15.9 Å². The van der Waals surface area contributed by atoms with Crippen LogP contribution in [0.5, 0.6) is 0 Å². The van der Waals surface area contributed by atoms with Gasteiger partial charge in [-0.05, 0) is 24.1 Å². The second-order valence-corrected chi connectivity index (χ2v) is 4.31. The Bertz CT molecular complexity index is 260. The van der Waals surface area contributed by atoms with Gasteiger partial charge in [-0.2, -0.15) is 0 Å². The van der Waals surface area contributed by atoms with Crippen LogP contribution in [0.3, 0.4) is 0 Å². The molecule has 0 aliphatic rings. The van der Waals surface area contributed by atoms with E-state index in [1.165, 1.54) is 24.8 Å². The largest absolute Gasteiger partial charge is 0.377 e. The first-order chi connectivity index (χ1) is 6.83. The van der Waals surface area contributed by atoms with Crippen molar-refractivity contribution in [3.05, 3.63) is 34.3 Å². The predicted molar refractivity (Wildman–Crippen MR) is 63.3 cm³/mol. The predicted octanol–water partition coefficient (Wildman–Crippen LogP) is 4.16. The van der Waals surface area contributed by atoms with Gasteiger partial charge in [0.2, 0.25) is 0 Å². The van der Waals surface area contributed by atoms with Crippen molar-refractivity contribution < 1.29 is 4.74 Å². The van der Waals surface area contributed by atoms with Gasteiger partial charge in [-0.3, -0.25) is 0 Å². The minimum Gasteiger partial charge on any atom is -0.377 e. The van der Waals surface area contributed by atoms with E-state index in [1.54, 1.807) is 0 Å². The van der Waals surface area contributed by atoms with Crippen molar-refractivity contribution in [2.75, 3.05) is 6.61 Å². The highest BCUT2D eigenvalue weighted by Crippen LogP contribution is 2.12. The average molecular weight is 257 g/mol. The van der Waals surface area contributed by atoms with Crippen LogP contribution >= 0.6 is 15.9 Å². The summed E-state index contributed by atoms with van der Waals surface area (Å²) in [5.74, 6) is 0. The Kier molecular flexibility index (Phi) is 5.88. The van der Waals surface area contributed by atoms with Gasteiger partial charge in [-0.25, -0.2) is 0 Å². The van der Waals surface area contributed by atoms with Gasteiger partial charge in [0, 0.05) is 11.1 Å². The first-order valence-electron chi connectivity index (χ1n) is 5.15. The number of ether oxygens (including phenoxy) is 1. The lowest BCUT2D eigenvalue weighted by atomic mass is 10.2. The third kappa shape index (κ3) is 4.77. The molecule has 0 atom stereocenters. The molecule has 0 N–H and O–H groups in total. The van der Waals surface area contributed by atoms with E-state index in [0.717, 1.165) is 17.7 Å². The molecule has 0 amide bonds. The maximum absolute atomic E-state index is 5.56. The molecule has 1 rings (SSSR count). The van der Waals surface area contributed by atoms with Crippen molar-refractivity contribution in [2.24, 2.45) is 0 Å². The highest BCUT2D eigenvalue weighted by molar-refractivity contribution is 9.10. The molecule has 78 valence electrons. The molecule has 0 unspecified atom stereocenters. The molecule has 0 aliphatic carbocycles. The molecule has 0 fully saturated rings. The number of unbranched alkanes of at least 4 members (excludes halogenated alkanes) is 2. The lowest BCUT2D eigenvalue weighted by Gasteiger charge is -2.04. The molecular formula is C12H17BrO. The van der Waals surface area contributed by atoms with Gasteiger partial charge < -0.3 is 4.74 Å². The fraction of sp³-hybridized carbons (Fsp3) is 0.500. The van der Waals surface area contributed by atoms with E-state index < -0.39 is 0 Å². The van der Waals surface area contributed by atoms with Crippen LogP contribution in [0.15, 0.2) is 28.7 Å². The molecule has 0 spiro atoms. The summed E-state index contributed by atoms with van der Waals surface area (Å²) in [5.41, 5.74) is 1.23. The summed E-state index contributed by atoms with van der Waals surface area (Å²) in [5, 5.41) is 0. The van der Waals surface area contributed by atoms with Crippen LogP contribution in [-0.4, -0.2) is 6.61 Å². The lowest BCUT2D eigenvalue weighted by molar-refractivity contribution is 0.117. The monoisotopic (exact) mass is 256 g/mol. The molecule has 0 heterocycles. The number of benzene rings is 1. The third-order valence-corrected chi connectivity index (χ3v) is 2.54. The van der Waals surface area contributed by atoms with Gasteiger partial charge in [0.25, 0.3) is 0 Å². The standard InChI is InChI=1S/C12H17BrO/c1-2-3-4-8-14-10-11-6-5-7-12(13)9-11/h5-7,9H,2-4,8,10H2,1H3. The number of hydrogen-bond acceptors (Lipinski definition) is 1. The van der Waals surface area contributed by atoms with E-state index in [-0.39, 0.29) is 0 Å². The molecular weight excluding hydrogens is 240 g/mol. The zero-order valence-corrected chi connectivity index (χ0v) is 10.2. The number of rotatable bonds is 6. The van der Waals surface area contributed by atoms with Crippen molar-refractivity contribution in [1.82, 2.24) is 0 Å². The molecule has 0 saturated heterocycles. The van der Waals surface area contributed by atoms with Crippen molar-refractivity contribution in [2.45, 2.75) is 32.8 Å². The second-order valence-electron chi connectivity index (χ2n) is 3.39. The van der Waals surface area contributed by atoms with Crippen LogP contribution in [0.25, 0.3) is 0 Å². The fourth-order valence-corrected chi connectivity index (χ4v) is 1.72. The first-order valence-corrected chi connectivity index (χ1v) is 5.94. The number of halogens is 1. The summed E-state index contributed by atoms with van der Waals surface area (Å²) in [6.07, 6.45) is 3.68. The Morgan fingerprint density at radius 1 is 1.29 bits per heavy atom. The van der Waals surface area contributed by atoms with Crippen LogP contribution in [0.4, 0.5) is 0 Å². The van der Waals surface area contributed by atoms with Crippen LogP contribution < -0.4 is 0 Å². The summed E-state index contributed by atoms with van der Waals surface area (Å²) >= 11 is 3.44. The normalized spacial score (nSPS) is 10.4. The Hall–Kier alpha value is -0.340. The summed E-state index contributed by atoms with van der Waals surface area (Å²) in [6.45, 7) is 3.80. The SMILES string of the molecule is CCCCCOCc1cccc(Br)c1. The first kappa shape index (κ1) is 11.7. The van der Waals surface area contributed by atoms with Gasteiger partial charge in [-0.1, -0.05) is 47.8 Å². The van der Waals surface area contributed by atoms with E-state index in [1.807, 2.05) is 12.1 Å². The lowest BCUT2D eigenvalue weighted by Crippen LogP contribution is -1.95. The van der Waals surface area contributed by atoms with Crippen LogP contribution in [0, 0.1) is 0 Å². The van der Waals surface area contributed by atoms with Gasteiger partial charge >= 0.3 is 0 Å². The average Bonchev–Trinajstić information content (AvgIpc) is 2.18.